The number of hydrogen-bond acceptors (Lipinski definition) is 4. The third-order valence-electron chi connectivity index (χ3n) is 1.89. The van der Waals surface area contributed by atoms with Gasteiger partial charge in [0.05, 0.1) is 10.5 Å². The van der Waals surface area contributed by atoms with Crippen molar-refractivity contribution in [2.45, 2.75) is 0 Å². The summed E-state index contributed by atoms with van der Waals surface area (Å²) in [5.74, 6) is -0.0410. The third kappa shape index (κ3) is 4.79. The summed E-state index contributed by atoms with van der Waals surface area (Å²) in [6.45, 7) is 0. The number of phosphoric ester groups is 1. The second kappa shape index (κ2) is 7.48. The average molecular weight is 370 g/mol. The maximum atomic E-state index is 10.5. The van der Waals surface area contributed by atoms with Crippen molar-refractivity contribution < 1.29 is 78.0 Å². The minimum Gasteiger partial charge on any atom is -0.780 e. The molecule has 0 amide bonds. The van der Waals surface area contributed by atoms with E-state index in [9.17, 15) is 14.4 Å². The van der Waals surface area contributed by atoms with Crippen LogP contribution in [0.2, 0.25) is 5.02 Å². The predicted molar refractivity (Wildman–Crippen MR) is 59.2 cm³/mol. The van der Waals surface area contributed by atoms with Crippen LogP contribution in [0.3, 0.4) is 0 Å². The zero-order valence-electron chi connectivity index (χ0n) is 9.57. The van der Waals surface area contributed by atoms with Crippen molar-refractivity contribution in [2.24, 2.45) is 0 Å². The zero-order valence-corrected chi connectivity index (χ0v) is 16.8. The van der Waals surface area contributed by atoms with Gasteiger partial charge in [-0.15, -0.1) is 0 Å². The Morgan fingerprint density at radius 2 is 1.94 bits per heavy atom. The van der Waals surface area contributed by atoms with Crippen LogP contribution in [0.15, 0.2) is 22.8 Å². The van der Waals surface area contributed by atoms with Crippen LogP contribution in [-0.2, 0) is 4.57 Å². The van der Waals surface area contributed by atoms with Crippen molar-refractivity contribution in [3.8, 4) is 5.75 Å². The summed E-state index contributed by atoms with van der Waals surface area (Å²) in [6.07, 6.45) is 1.29. The number of halogens is 2. The SMILES string of the molecule is O=P([O-])([O-])Oc1c[nH]c2cc(Cl)c(Br)cc12.[Na+].[Na+]. The first-order valence-corrected chi connectivity index (χ1v) is 6.68. The van der Waals surface area contributed by atoms with E-state index in [0.29, 0.717) is 20.4 Å². The number of benzene rings is 1. The van der Waals surface area contributed by atoms with Gasteiger partial charge in [0.15, 0.2) is 0 Å². The molecular weight excluding hydrogens is 366 g/mol. The van der Waals surface area contributed by atoms with Crippen molar-refractivity contribution in [1.82, 2.24) is 4.98 Å². The molecule has 0 aliphatic rings. The van der Waals surface area contributed by atoms with Gasteiger partial charge in [-0.05, 0) is 28.1 Å². The van der Waals surface area contributed by atoms with Crippen LogP contribution in [0, 0.1) is 0 Å². The van der Waals surface area contributed by atoms with Gasteiger partial charge in [0.1, 0.15) is 13.6 Å². The Kier molecular flexibility index (Phi) is 8.09. The molecule has 1 heterocycles. The maximum Gasteiger partial charge on any atom is 1.00 e. The summed E-state index contributed by atoms with van der Waals surface area (Å²) in [4.78, 5) is 23.7. The van der Waals surface area contributed by atoms with E-state index in [1.807, 2.05) is 0 Å². The molecule has 1 aromatic heterocycles. The van der Waals surface area contributed by atoms with Gasteiger partial charge in [0, 0.05) is 16.1 Å². The molecule has 1 aromatic carbocycles. The second-order valence-corrected chi connectivity index (χ2v) is 5.34. The number of phosphoric acid groups is 1. The first-order valence-electron chi connectivity index (χ1n) is 4.04. The summed E-state index contributed by atoms with van der Waals surface area (Å²) in [5.41, 5.74) is 0.580. The van der Waals surface area contributed by atoms with E-state index in [0.717, 1.165) is 0 Å². The van der Waals surface area contributed by atoms with Crippen LogP contribution in [0.25, 0.3) is 10.9 Å². The Morgan fingerprint density at radius 1 is 1.33 bits per heavy atom. The van der Waals surface area contributed by atoms with Gasteiger partial charge >= 0.3 is 59.1 Å². The molecule has 5 nitrogen and oxygen atoms in total. The summed E-state index contributed by atoms with van der Waals surface area (Å²) in [5, 5.41) is 0.927. The van der Waals surface area contributed by atoms with Crippen molar-refractivity contribution in [3.05, 3.63) is 27.8 Å². The minimum absolute atomic E-state index is 0. The van der Waals surface area contributed by atoms with Gasteiger partial charge in [0.2, 0.25) is 0 Å². The average Bonchev–Trinajstić information content (AvgIpc) is 2.47. The summed E-state index contributed by atoms with van der Waals surface area (Å²) in [7, 11) is -5.05. The number of aromatic amines is 1. The molecule has 0 fully saturated rings. The Hall–Kier alpha value is 1.48. The van der Waals surface area contributed by atoms with E-state index in [1.165, 1.54) is 6.20 Å². The molecule has 0 unspecified atom stereocenters. The van der Waals surface area contributed by atoms with Gasteiger partial charge in [-0.2, -0.15) is 0 Å². The molecule has 0 atom stereocenters. The van der Waals surface area contributed by atoms with Crippen LogP contribution >= 0.6 is 35.4 Å². The van der Waals surface area contributed by atoms with Crippen LogP contribution in [0.5, 0.6) is 5.75 Å². The molecule has 0 saturated heterocycles. The predicted octanol–water partition coefficient (Wildman–Crippen LogP) is -4.20. The fourth-order valence-electron chi connectivity index (χ4n) is 1.29. The van der Waals surface area contributed by atoms with Crippen LogP contribution in [0.1, 0.15) is 0 Å². The molecule has 18 heavy (non-hydrogen) atoms. The molecule has 0 aliphatic heterocycles. The van der Waals surface area contributed by atoms with Crippen molar-refractivity contribution >= 4 is 46.3 Å². The van der Waals surface area contributed by atoms with Gasteiger partial charge in [-0.1, -0.05) is 11.6 Å². The molecule has 0 aliphatic carbocycles. The van der Waals surface area contributed by atoms with Gasteiger partial charge in [-0.25, -0.2) is 0 Å². The topological polar surface area (TPSA) is 88.2 Å². The normalized spacial score (nSPS) is 10.7. The first kappa shape index (κ1) is 19.5. The Labute approximate surface area is 161 Å². The number of fused-ring (bicyclic) bond motifs is 1. The Balaban J connectivity index is 0.00000144. The number of rotatable bonds is 2. The summed E-state index contributed by atoms with van der Waals surface area (Å²) in [6, 6.07) is 3.16. The van der Waals surface area contributed by atoms with Crippen molar-refractivity contribution in [3.63, 3.8) is 0 Å². The molecule has 2 rings (SSSR count). The fourth-order valence-corrected chi connectivity index (χ4v) is 2.19. The van der Waals surface area contributed by atoms with Crippen molar-refractivity contribution in [2.75, 3.05) is 0 Å². The first-order chi connectivity index (χ1) is 7.37. The molecule has 0 bridgehead atoms. The Morgan fingerprint density at radius 3 is 2.50 bits per heavy atom. The van der Waals surface area contributed by atoms with E-state index in [4.69, 9.17) is 11.6 Å². The molecule has 1 N–H and O–H groups in total. The standard InChI is InChI=1S/C8H6BrClNO4P.2Na/c9-5-1-4-7(2-6(5)10)11-3-8(4)15-16(12,13)14;;/h1-3,11H,(H2,12,13,14);;/q;2*+1/p-2. The molecule has 10 heteroatoms. The quantitative estimate of drug-likeness (QED) is 0.429. The van der Waals surface area contributed by atoms with E-state index >= 15 is 0 Å². The Bertz CT molecular complexity index is 602. The largest absolute Gasteiger partial charge is 1.00 e. The minimum atomic E-state index is -5.05. The third-order valence-corrected chi connectivity index (χ3v) is 3.51. The van der Waals surface area contributed by atoms with Gasteiger partial charge in [0.25, 0.3) is 0 Å². The molecule has 0 radical (unpaired) electrons. The maximum absolute atomic E-state index is 10.5. The van der Waals surface area contributed by atoms with Crippen LogP contribution < -0.4 is 73.4 Å². The number of aromatic nitrogens is 1. The van der Waals surface area contributed by atoms with Crippen LogP contribution in [0.4, 0.5) is 0 Å². The van der Waals surface area contributed by atoms with E-state index < -0.39 is 7.82 Å². The van der Waals surface area contributed by atoms with Gasteiger partial charge in [-0.3, -0.25) is 0 Å². The number of H-pyrrole nitrogens is 1. The van der Waals surface area contributed by atoms with Gasteiger partial charge < -0.3 is 23.9 Å². The number of hydrogen-bond donors (Lipinski definition) is 1. The zero-order chi connectivity index (χ0) is 11.9. The molecule has 86 valence electrons. The van der Waals surface area contributed by atoms with E-state index in [2.05, 4.69) is 25.4 Å². The van der Waals surface area contributed by atoms with E-state index in [1.54, 1.807) is 12.1 Å². The smallest absolute Gasteiger partial charge is 0.780 e. The molecule has 0 spiro atoms. The molecule has 2 aromatic rings. The number of nitrogens with one attached hydrogen (secondary N) is 1. The van der Waals surface area contributed by atoms with Crippen LogP contribution in [-0.4, -0.2) is 4.98 Å². The molecule has 0 saturated carbocycles. The molecular formula is C8H4BrClNNa2O4P. The van der Waals surface area contributed by atoms with Crippen molar-refractivity contribution in [1.29, 1.82) is 0 Å². The summed E-state index contributed by atoms with van der Waals surface area (Å²) < 4.78 is 15.4. The van der Waals surface area contributed by atoms with E-state index in [-0.39, 0.29) is 64.9 Å². The summed E-state index contributed by atoms with van der Waals surface area (Å²) >= 11 is 9.03. The fraction of sp³-hybridized carbons (Fsp3) is 0. The monoisotopic (exact) mass is 369 g/mol. The second-order valence-electron chi connectivity index (χ2n) is 3.00.